The molecule has 1 saturated heterocycles. The maximum Gasteiger partial charge on any atom is 0.230 e. The van der Waals surface area contributed by atoms with E-state index in [1.54, 1.807) is 41.3 Å². The first-order chi connectivity index (χ1) is 12.4. The van der Waals surface area contributed by atoms with E-state index in [1.165, 1.54) is 13.1 Å². The van der Waals surface area contributed by atoms with Gasteiger partial charge in [-0.05, 0) is 36.4 Å². The highest BCUT2D eigenvalue weighted by Gasteiger charge is 2.35. The molecule has 26 heavy (non-hydrogen) atoms. The molecule has 0 unspecified atom stereocenters. The van der Waals surface area contributed by atoms with Crippen LogP contribution in [0.5, 0.6) is 0 Å². The van der Waals surface area contributed by atoms with Crippen LogP contribution in [-0.2, 0) is 14.4 Å². The van der Waals surface area contributed by atoms with Gasteiger partial charge in [-0.2, -0.15) is 0 Å². The molecule has 0 radical (unpaired) electrons. The molecule has 2 aromatic rings. The van der Waals surface area contributed by atoms with Crippen LogP contribution < -0.4 is 15.5 Å². The van der Waals surface area contributed by atoms with Crippen LogP contribution in [0.3, 0.4) is 0 Å². The minimum absolute atomic E-state index is 0.124. The van der Waals surface area contributed by atoms with Crippen molar-refractivity contribution in [3.8, 4) is 0 Å². The predicted molar refractivity (Wildman–Crippen MR) is 99.1 cm³/mol. The first-order valence-electron chi connectivity index (χ1n) is 8.03. The molecule has 0 spiro atoms. The summed E-state index contributed by atoms with van der Waals surface area (Å²) in [6.07, 6.45) is 1.58. The second kappa shape index (κ2) is 7.53. The number of carbonyl (C=O) groups is 3. The number of halogens is 1. The van der Waals surface area contributed by atoms with E-state index in [0.29, 0.717) is 22.2 Å². The fourth-order valence-electron chi connectivity index (χ4n) is 2.74. The van der Waals surface area contributed by atoms with Gasteiger partial charge in [-0.25, -0.2) is 4.98 Å². The van der Waals surface area contributed by atoms with Gasteiger partial charge >= 0.3 is 0 Å². The Labute approximate surface area is 155 Å². The quantitative estimate of drug-likeness (QED) is 0.863. The van der Waals surface area contributed by atoms with Crippen LogP contribution in [0.1, 0.15) is 13.3 Å². The van der Waals surface area contributed by atoms with E-state index < -0.39 is 5.92 Å². The van der Waals surface area contributed by atoms with Crippen LogP contribution in [0.2, 0.25) is 5.02 Å². The Morgan fingerprint density at radius 1 is 1.15 bits per heavy atom. The lowest BCUT2D eigenvalue weighted by Gasteiger charge is -2.17. The summed E-state index contributed by atoms with van der Waals surface area (Å²) in [5.74, 6) is -0.616. The fourth-order valence-corrected chi connectivity index (χ4v) is 2.85. The van der Waals surface area contributed by atoms with E-state index in [0.717, 1.165) is 0 Å². The predicted octanol–water partition coefficient (Wildman–Crippen LogP) is 2.69. The fraction of sp³-hybridized carbons (Fsp3) is 0.222. The molecular weight excluding hydrogens is 356 g/mol. The number of rotatable bonds is 4. The summed E-state index contributed by atoms with van der Waals surface area (Å²) in [5.41, 5.74) is 1.33. The second-order valence-corrected chi connectivity index (χ2v) is 6.42. The summed E-state index contributed by atoms with van der Waals surface area (Å²) >= 11 is 5.77. The maximum atomic E-state index is 12.4. The molecule has 1 aromatic heterocycles. The Morgan fingerprint density at radius 3 is 2.50 bits per heavy atom. The number of amides is 3. The maximum absolute atomic E-state index is 12.4. The highest BCUT2D eigenvalue weighted by atomic mass is 35.5. The molecule has 3 rings (SSSR count). The molecule has 2 N–H and O–H groups in total. The van der Waals surface area contributed by atoms with E-state index in [1.807, 2.05) is 0 Å². The molecular formula is C18H17ClN4O3. The Hall–Kier alpha value is -2.93. The average Bonchev–Trinajstić information content (AvgIpc) is 2.99. The van der Waals surface area contributed by atoms with Crippen molar-refractivity contribution in [3.05, 3.63) is 47.6 Å². The minimum Gasteiger partial charge on any atom is -0.326 e. The molecule has 1 aliphatic rings. The van der Waals surface area contributed by atoms with E-state index in [4.69, 9.17) is 11.6 Å². The van der Waals surface area contributed by atoms with Gasteiger partial charge in [0.2, 0.25) is 17.7 Å². The topological polar surface area (TPSA) is 91.4 Å². The van der Waals surface area contributed by atoms with Gasteiger partial charge in [0.15, 0.2) is 0 Å². The molecule has 0 bridgehead atoms. The smallest absolute Gasteiger partial charge is 0.230 e. The highest BCUT2D eigenvalue weighted by Crippen LogP contribution is 2.27. The minimum atomic E-state index is -0.463. The third-order valence-corrected chi connectivity index (χ3v) is 4.20. The Kier molecular flexibility index (Phi) is 5.18. The Bertz CT molecular complexity index is 837. The van der Waals surface area contributed by atoms with E-state index >= 15 is 0 Å². The third-order valence-electron chi connectivity index (χ3n) is 3.97. The molecule has 1 aliphatic heterocycles. The van der Waals surface area contributed by atoms with Crippen LogP contribution in [0.25, 0.3) is 0 Å². The van der Waals surface area contributed by atoms with E-state index in [2.05, 4.69) is 15.6 Å². The monoisotopic (exact) mass is 372 g/mol. The first kappa shape index (κ1) is 17.9. The SMILES string of the molecule is CC(=O)Nc1ccc(N2C[C@@H](C(=O)Nc3ccc(Cl)cn3)CC2=O)cc1. The normalized spacial score (nSPS) is 16.5. The summed E-state index contributed by atoms with van der Waals surface area (Å²) in [6, 6.07) is 10.2. The summed E-state index contributed by atoms with van der Waals surface area (Å²) < 4.78 is 0. The molecule has 1 fully saturated rings. The lowest BCUT2D eigenvalue weighted by atomic mass is 10.1. The number of nitrogens with zero attached hydrogens (tertiary/aromatic N) is 2. The van der Waals surface area contributed by atoms with Crippen LogP contribution in [0, 0.1) is 5.92 Å². The number of nitrogens with one attached hydrogen (secondary N) is 2. The van der Waals surface area contributed by atoms with Gasteiger partial charge in [0.05, 0.1) is 10.9 Å². The van der Waals surface area contributed by atoms with Crippen molar-refractivity contribution >= 4 is 46.5 Å². The third kappa shape index (κ3) is 4.18. The number of hydrogen-bond donors (Lipinski definition) is 2. The van der Waals surface area contributed by atoms with Gasteiger partial charge in [0.25, 0.3) is 0 Å². The van der Waals surface area contributed by atoms with Gasteiger partial charge in [-0.15, -0.1) is 0 Å². The van der Waals surface area contributed by atoms with Gasteiger partial charge in [-0.3, -0.25) is 14.4 Å². The lowest BCUT2D eigenvalue weighted by Crippen LogP contribution is -2.28. The molecule has 1 aromatic carbocycles. The number of aromatic nitrogens is 1. The van der Waals surface area contributed by atoms with Gasteiger partial charge < -0.3 is 15.5 Å². The van der Waals surface area contributed by atoms with E-state index in [-0.39, 0.29) is 30.7 Å². The number of carbonyl (C=O) groups excluding carboxylic acids is 3. The molecule has 0 aliphatic carbocycles. The summed E-state index contributed by atoms with van der Waals surface area (Å²) in [4.78, 5) is 41.3. The highest BCUT2D eigenvalue weighted by molar-refractivity contribution is 6.30. The molecule has 3 amide bonds. The largest absolute Gasteiger partial charge is 0.326 e. The van der Waals surface area contributed by atoms with Crippen LogP contribution in [0.4, 0.5) is 17.2 Å². The number of anilines is 3. The van der Waals surface area contributed by atoms with Gasteiger partial charge in [0.1, 0.15) is 5.82 Å². The zero-order chi connectivity index (χ0) is 18.7. The van der Waals surface area contributed by atoms with Crippen molar-refractivity contribution in [3.63, 3.8) is 0 Å². The molecule has 1 atom stereocenters. The van der Waals surface area contributed by atoms with Gasteiger partial charge in [-0.1, -0.05) is 11.6 Å². The standard InChI is InChI=1S/C18H17ClN4O3/c1-11(24)21-14-3-5-15(6-4-14)23-10-12(8-17(23)25)18(26)22-16-7-2-13(19)9-20-16/h2-7,9,12H,8,10H2,1H3,(H,21,24)(H,20,22,26)/t12-/m0/s1. The molecule has 8 heteroatoms. The van der Waals surface area contributed by atoms with Crippen molar-refractivity contribution in [2.24, 2.45) is 5.92 Å². The molecule has 7 nitrogen and oxygen atoms in total. The lowest BCUT2D eigenvalue weighted by molar-refractivity contribution is -0.122. The zero-order valence-electron chi connectivity index (χ0n) is 14.0. The van der Waals surface area contributed by atoms with Crippen molar-refractivity contribution in [1.29, 1.82) is 0 Å². The molecule has 134 valence electrons. The summed E-state index contributed by atoms with van der Waals surface area (Å²) in [5, 5.41) is 5.85. The average molecular weight is 373 g/mol. The van der Waals surface area contributed by atoms with Crippen LogP contribution in [-0.4, -0.2) is 29.3 Å². The number of hydrogen-bond acceptors (Lipinski definition) is 4. The summed E-state index contributed by atoms with van der Waals surface area (Å²) in [6.45, 7) is 1.72. The molecule has 0 saturated carbocycles. The van der Waals surface area contributed by atoms with Crippen molar-refractivity contribution in [2.45, 2.75) is 13.3 Å². The van der Waals surface area contributed by atoms with Gasteiger partial charge in [0, 0.05) is 37.5 Å². The van der Waals surface area contributed by atoms with Crippen molar-refractivity contribution in [1.82, 2.24) is 4.98 Å². The Balaban J connectivity index is 1.65. The number of pyridine rings is 1. The Morgan fingerprint density at radius 2 is 1.88 bits per heavy atom. The first-order valence-corrected chi connectivity index (χ1v) is 8.40. The van der Waals surface area contributed by atoms with E-state index in [9.17, 15) is 14.4 Å². The summed E-state index contributed by atoms with van der Waals surface area (Å²) in [7, 11) is 0. The van der Waals surface area contributed by atoms with Crippen LogP contribution >= 0.6 is 11.6 Å². The second-order valence-electron chi connectivity index (χ2n) is 5.98. The molecule has 2 heterocycles. The van der Waals surface area contributed by atoms with Crippen LogP contribution in [0.15, 0.2) is 42.6 Å². The zero-order valence-corrected chi connectivity index (χ0v) is 14.8. The van der Waals surface area contributed by atoms with Crippen molar-refractivity contribution in [2.75, 3.05) is 22.1 Å². The van der Waals surface area contributed by atoms with Crippen molar-refractivity contribution < 1.29 is 14.4 Å². The number of benzene rings is 1.